The molecule has 4 heteroatoms. The first-order chi connectivity index (χ1) is 6.56. The number of aryl methyl sites for hydroxylation is 2. The van der Waals surface area contributed by atoms with Crippen LogP contribution in [0.5, 0.6) is 0 Å². The average Bonchev–Trinajstić information content (AvgIpc) is 2.10. The third-order valence-electron chi connectivity index (χ3n) is 1.88. The minimum atomic E-state index is -0.516. The molecule has 0 unspecified atom stereocenters. The third-order valence-corrected chi connectivity index (χ3v) is 2.09. The van der Waals surface area contributed by atoms with Gasteiger partial charge in [0, 0.05) is 5.56 Å². The molecule has 0 aromatic heterocycles. The Balaban J connectivity index is 3.39. The molecule has 72 valence electrons. The number of benzene rings is 1. The smallest absolute Gasteiger partial charge is 0.252 e. The molecular weight excluding hydrogens is 202 g/mol. The van der Waals surface area contributed by atoms with Crippen molar-refractivity contribution in [2.75, 3.05) is 0 Å². The van der Waals surface area contributed by atoms with E-state index in [1.165, 1.54) is 6.08 Å². The highest BCUT2D eigenvalue weighted by molar-refractivity contribution is 6.67. The molecule has 0 atom stereocenters. The first kappa shape index (κ1) is 10.6. The number of hydrogen-bond acceptors (Lipinski definition) is 3. The van der Waals surface area contributed by atoms with Gasteiger partial charge in [0.15, 0.2) is 0 Å². The van der Waals surface area contributed by atoms with E-state index >= 15 is 0 Å². The topological polar surface area (TPSA) is 46.5 Å². The van der Waals surface area contributed by atoms with Crippen LogP contribution in [-0.4, -0.2) is 11.3 Å². The van der Waals surface area contributed by atoms with Gasteiger partial charge in [-0.15, -0.1) is 0 Å². The minimum Gasteiger partial charge on any atom is -0.276 e. The van der Waals surface area contributed by atoms with E-state index in [0.717, 1.165) is 11.1 Å². The molecule has 1 aromatic carbocycles. The van der Waals surface area contributed by atoms with Crippen LogP contribution in [0.2, 0.25) is 0 Å². The molecular formula is C10H8ClNO2. The molecule has 0 aliphatic rings. The summed E-state index contributed by atoms with van der Waals surface area (Å²) in [5, 5.41) is -0.516. The zero-order chi connectivity index (χ0) is 10.7. The summed E-state index contributed by atoms with van der Waals surface area (Å²) in [6, 6.07) is 3.19. The van der Waals surface area contributed by atoms with E-state index in [9.17, 15) is 9.59 Å². The summed E-state index contributed by atoms with van der Waals surface area (Å²) in [5.41, 5.74) is 2.42. The van der Waals surface area contributed by atoms with Crippen LogP contribution in [0.1, 0.15) is 21.5 Å². The number of aliphatic imine (C=N–C) groups is 1. The van der Waals surface area contributed by atoms with E-state index in [1.54, 1.807) is 26.0 Å². The molecule has 0 radical (unpaired) electrons. The highest BCUT2D eigenvalue weighted by Gasteiger charge is 2.07. The Morgan fingerprint density at radius 1 is 1.36 bits per heavy atom. The number of carbonyl (C=O) groups excluding carboxylic acids is 2. The van der Waals surface area contributed by atoms with Crippen molar-refractivity contribution < 1.29 is 9.59 Å². The molecule has 3 nitrogen and oxygen atoms in total. The van der Waals surface area contributed by atoms with Crippen LogP contribution >= 0.6 is 11.6 Å². The van der Waals surface area contributed by atoms with Gasteiger partial charge in [0.1, 0.15) is 0 Å². The normalized spacial score (nSPS) is 9.36. The molecule has 1 rings (SSSR count). The second kappa shape index (κ2) is 4.18. The average molecular weight is 210 g/mol. The summed E-state index contributed by atoms with van der Waals surface area (Å²) in [6.45, 7) is 3.51. The summed E-state index contributed by atoms with van der Waals surface area (Å²) in [5.74, 6) is 0. The van der Waals surface area contributed by atoms with Crippen molar-refractivity contribution in [3.05, 3.63) is 28.8 Å². The van der Waals surface area contributed by atoms with Crippen LogP contribution in [-0.2, 0) is 4.79 Å². The van der Waals surface area contributed by atoms with E-state index in [4.69, 9.17) is 11.6 Å². The molecule has 0 heterocycles. The molecule has 0 spiro atoms. The fourth-order valence-corrected chi connectivity index (χ4v) is 1.40. The Morgan fingerprint density at radius 2 is 1.86 bits per heavy atom. The van der Waals surface area contributed by atoms with Gasteiger partial charge < -0.3 is 0 Å². The highest BCUT2D eigenvalue weighted by atomic mass is 35.5. The predicted molar refractivity (Wildman–Crippen MR) is 53.9 cm³/mol. The molecule has 0 saturated carbocycles. The molecule has 0 aliphatic heterocycles. The lowest BCUT2D eigenvalue weighted by Crippen LogP contribution is -1.92. The van der Waals surface area contributed by atoms with Crippen molar-refractivity contribution in [2.45, 2.75) is 13.8 Å². The van der Waals surface area contributed by atoms with Gasteiger partial charge in [0.2, 0.25) is 6.08 Å². The van der Waals surface area contributed by atoms with Crippen molar-refractivity contribution in [3.8, 4) is 0 Å². The number of halogens is 1. The first-order valence-corrected chi connectivity index (χ1v) is 4.33. The fraction of sp³-hybridized carbons (Fsp3) is 0.200. The second-order valence-corrected chi connectivity index (χ2v) is 3.28. The number of hydrogen-bond donors (Lipinski definition) is 0. The van der Waals surface area contributed by atoms with Crippen LogP contribution in [0.25, 0.3) is 0 Å². The van der Waals surface area contributed by atoms with Crippen LogP contribution in [0, 0.1) is 13.8 Å². The molecule has 0 bridgehead atoms. The number of isocyanates is 1. The first-order valence-electron chi connectivity index (χ1n) is 3.95. The second-order valence-electron chi connectivity index (χ2n) is 2.94. The summed E-state index contributed by atoms with van der Waals surface area (Å²) < 4.78 is 0. The Kier molecular flexibility index (Phi) is 3.18. The van der Waals surface area contributed by atoms with Gasteiger partial charge in [0.25, 0.3) is 5.24 Å². The van der Waals surface area contributed by atoms with Crippen molar-refractivity contribution in [1.29, 1.82) is 0 Å². The van der Waals surface area contributed by atoms with Crippen LogP contribution in [0.15, 0.2) is 17.1 Å². The molecule has 14 heavy (non-hydrogen) atoms. The lowest BCUT2D eigenvalue weighted by Gasteiger charge is -2.04. The van der Waals surface area contributed by atoms with E-state index in [-0.39, 0.29) is 0 Å². The largest absolute Gasteiger partial charge is 0.276 e. The Labute approximate surface area is 86.4 Å². The van der Waals surface area contributed by atoms with E-state index in [2.05, 4.69) is 4.99 Å². The lowest BCUT2D eigenvalue weighted by atomic mass is 10.1. The molecule has 0 saturated heterocycles. The Bertz CT molecular complexity index is 411. The van der Waals surface area contributed by atoms with Gasteiger partial charge in [0.05, 0.1) is 5.69 Å². The monoisotopic (exact) mass is 209 g/mol. The Morgan fingerprint density at radius 3 is 2.21 bits per heavy atom. The quantitative estimate of drug-likeness (QED) is 0.427. The van der Waals surface area contributed by atoms with Crippen LogP contribution in [0.4, 0.5) is 5.69 Å². The van der Waals surface area contributed by atoms with Crippen LogP contribution in [0.3, 0.4) is 0 Å². The molecule has 0 fully saturated rings. The van der Waals surface area contributed by atoms with Crippen molar-refractivity contribution >= 4 is 28.6 Å². The predicted octanol–water partition coefficient (Wildman–Crippen LogP) is 2.65. The van der Waals surface area contributed by atoms with E-state index < -0.39 is 5.24 Å². The SMILES string of the molecule is Cc1cc(C(=O)Cl)cc(C)c1N=C=O. The minimum absolute atomic E-state index is 0.409. The summed E-state index contributed by atoms with van der Waals surface area (Å²) in [6.07, 6.45) is 1.47. The summed E-state index contributed by atoms with van der Waals surface area (Å²) in [4.78, 5) is 24.5. The lowest BCUT2D eigenvalue weighted by molar-refractivity contribution is 0.108. The van der Waals surface area contributed by atoms with Crippen molar-refractivity contribution in [1.82, 2.24) is 0 Å². The van der Waals surface area contributed by atoms with E-state index in [0.29, 0.717) is 11.3 Å². The fourth-order valence-electron chi connectivity index (χ4n) is 1.29. The Hall–Kier alpha value is -1.44. The van der Waals surface area contributed by atoms with Gasteiger partial charge >= 0.3 is 0 Å². The number of nitrogens with zero attached hydrogens (tertiary/aromatic N) is 1. The van der Waals surface area contributed by atoms with Gasteiger partial charge in [-0.25, -0.2) is 4.79 Å². The standard InChI is InChI=1S/C10H8ClNO2/c1-6-3-8(10(11)14)4-7(2)9(6)12-5-13/h3-4H,1-2H3. The van der Waals surface area contributed by atoms with Crippen molar-refractivity contribution in [3.63, 3.8) is 0 Å². The summed E-state index contributed by atoms with van der Waals surface area (Å²) in [7, 11) is 0. The zero-order valence-electron chi connectivity index (χ0n) is 7.80. The number of rotatable bonds is 2. The zero-order valence-corrected chi connectivity index (χ0v) is 8.55. The molecule has 0 aliphatic carbocycles. The van der Waals surface area contributed by atoms with Gasteiger partial charge in [-0.05, 0) is 48.7 Å². The van der Waals surface area contributed by atoms with Crippen molar-refractivity contribution in [2.24, 2.45) is 4.99 Å². The third kappa shape index (κ3) is 2.08. The van der Waals surface area contributed by atoms with Gasteiger partial charge in [-0.3, -0.25) is 4.79 Å². The maximum Gasteiger partial charge on any atom is 0.252 e. The van der Waals surface area contributed by atoms with Gasteiger partial charge in [-0.2, -0.15) is 4.99 Å². The number of carbonyl (C=O) groups is 1. The molecule has 0 N–H and O–H groups in total. The highest BCUT2D eigenvalue weighted by Crippen LogP contribution is 2.25. The molecule has 1 aromatic rings. The molecule has 0 amide bonds. The maximum absolute atomic E-state index is 10.9. The van der Waals surface area contributed by atoms with Crippen LogP contribution < -0.4 is 0 Å². The van der Waals surface area contributed by atoms with E-state index in [1.807, 2.05) is 0 Å². The van der Waals surface area contributed by atoms with Gasteiger partial charge in [-0.1, -0.05) is 0 Å². The maximum atomic E-state index is 10.9. The summed E-state index contributed by atoms with van der Waals surface area (Å²) >= 11 is 5.33.